The lowest BCUT2D eigenvalue weighted by molar-refractivity contribution is -0.138. The van der Waals surface area contributed by atoms with E-state index in [1.165, 1.54) is 18.2 Å². The molecule has 0 atom stereocenters. The smallest absolute Gasteiger partial charge is 0.331 e. The van der Waals surface area contributed by atoms with Crippen LogP contribution in [0.4, 0.5) is 4.39 Å². The van der Waals surface area contributed by atoms with Crippen molar-refractivity contribution in [1.82, 2.24) is 0 Å². The van der Waals surface area contributed by atoms with Crippen LogP contribution in [0.1, 0.15) is 11.1 Å². The number of hydrogen-bond donors (Lipinski definition) is 0. The summed E-state index contributed by atoms with van der Waals surface area (Å²) in [5.41, 5.74) is 1.41. The molecule has 4 nitrogen and oxygen atoms in total. The molecule has 0 aliphatic rings. The molecule has 2 aromatic rings. The largest absolute Gasteiger partial charge is 0.497 e. The highest BCUT2D eigenvalue weighted by molar-refractivity contribution is 5.87. The van der Waals surface area contributed by atoms with Crippen LogP contribution in [-0.4, -0.2) is 20.2 Å². The molecule has 0 saturated carbocycles. The Morgan fingerprint density at radius 3 is 2.48 bits per heavy atom. The van der Waals surface area contributed by atoms with Gasteiger partial charge >= 0.3 is 5.97 Å². The van der Waals surface area contributed by atoms with Gasteiger partial charge in [-0.1, -0.05) is 12.1 Å². The monoisotopic (exact) mass is 316 g/mol. The summed E-state index contributed by atoms with van der Waals surface area (Å²) in [7, 11) is 3.10. The summed E-state index contributed by atoms with van der Waals surface area (Å²) in [6.45, 7) is 0.0625. The molecule has 2 aromatic carbocycles. The number of methoxy groups -OCH3 is 2. The molecule has 0 unspecified atom stereocenters. The third-order valence-electron chi connectivity index (χ3n) is 3.14. The number of benzene rings is 2. The predicted molar refractivity (Wildman–Crippen MR) is 84.8 cm³/mol. The second kappa shape index (κ2) is 7.98. The van der Waals surface area contributed by atoms with Gasteiger partial charge in [0.25, 0.3) is 0 Å². The van der Waals surface area contributed by atoms with Crippen molar-refractivity contribution in [3.05, 3.63) is 65.5 Å². The van der Waals surface area contributed by atoms with Gasteiger partial charge in [-0.2, -0.15) is 0 Å². The number of esters is 1. The molecule has 5 heteroatoms. The van der Waals surface area contributed by atoms with E-state index in [9.17, 15) is 9.18 Å². The van der Waals surface area contributed by atoms with Crippen molar-refractivity contribution in [2.45, 2.75) is 6.61 Å². The van der Waals surface area contributed by atoms with Crippen molar-refractivity contribution in [2.24, 2.45) is 0 Å². The van der Waals surface area contributed by atoms with Gasteiger partial charge in [0.1, 0.15) is 23.9 Å². The van der Waals surface area contributed by atoms with Crippen LogP contribution in [0.3, 0.4) is 0 Å². The summed E-state index contributed by atoms with van der Waals surface area (Å²) in [6.07, 6.45) is 2.85. The minimum atomic E-state index is -0.501. The molecule has 0 aliphatic carbocycles. The Morgan fingerprint density at radius 1 is 1.09 bits per heavy atom. The van der Waals surface area contributed by atoms with Crippen LogP contribution in [0.25, 0.3) is 6.08 Å². The van der Waals surface area contributed by atoms with E-state index < -0.39 is 5.97 Å². The number of hydrogen-bond acceptors (Lipinski definition) is 4. The summed E-state index contributed by atoms with van der Waals surface area (Å²) in [5.74, 6) is 0.439. The molecule has 0 heterocycles. The number of ether oxygens (including phenoxy) is 3. The van der Waals surface area contributed by atoms with Crippen LogP contribution in [0, 0.1) is 5.82 Å². The van der Waals surface area contributed by atoms with Gasteiger partial charge in [-0.05, 0) is 42.0 Å². The Kier molecular flexibility index (Phi) is 5.74. The van der Waals surface area contributed by atoms with Gasteiger partial charge in [-0.3, -0.25) is 0 Å². The molecule has 0 N–H and O–H groups in total. The maximum atomic E-state index is 12.8. The topological polar surface area (TPSA) is 44.8 Å². The fourth-order valence-electron chi connectivity index (χ4n) is 1.93. The lowest BCUT2D eigenvalue weighted by atomic mass is 10.2. The minimum Gasteiger partial charge on any atom is -0.497 e. The average molecular weight is 316 g/mol. The van der Waals surface area contributed by atoms with E-state index in [4.69, 9.17) is 14.2 Å². The second-order valence-corrected chi connectivity index (χ2v) is 4.67. The number of carbonyl (C=O) groups is 1. The zero-order valence-corrected chi connectivity index (χ0v) is 12.9. The van der Waals surface area contributed by atoms with Crippen LogP contribution in [0.15, 0.2) is 48.5 Å². The molecule has 23 heavy (non-hydrogen) atoms. The highest BCUT2D eigenvalue weighted by atomic mass is 19.1. The Balaban J connectivity index is 1.97. The highest BCUT2D eigenvalue weighted by Gasteiger charge is 2.07. The van der Waals surface area contributed by atoms with Gasteiger partial charge in [0.05, 0.1) is 14.2 Å². The van der Waals surface area contributed by atoms with E-state index in [2.05, 4.69) is 0 Å². The second-order valence-electron chi connectivity index (χ2n) is 4.67. The third kappa shape index (κ3) is 4.85. The summed E-state index contributed by atoms with van der Waals surface area (Å²) >= 11 is 0. The molecule has 0 aliphatic heterocycles. The lowest BCUT2D eigenvalue weighted by Crippen LogP contribution is -2.02. The van der Waals surface area contributed by atoms with Gasteiger partial charge in [0, 0.05) is 11.6 Å². The van der Waals surface area contributed by atoms with E-state index in [0.29, 0.717) is 22.6 Å². The van der Waals surface area contributed by atoms with E-state index >= 15 is 0 Å². The third-order valence-corrected chi connectivity index (χ3v) is 3.14. The van der Waals surface area contributed by atoms with Crippen LogP contribution in [0.5, 0.6) is 11.5 Å². The van der Waals surface area contributed by atoms with E-state index in [1.807, 2.05) is 0 Å². The maximum absolute atomic E-state index is 12.8. The van der Waals surface area contributed by atoms with E-state index in [1.54, 1.807) is 50.6 Å². The van der Waals surface area contributed by atoms with Crippen LogP contribution < -0.4 is 9.47 Å². The number of rotatable bonds is 6. The Bertz CT molecular complexity index is 693. The van der Waals surface area contributed by atoms with Gasteiger partial charge in [-0.25, -0.2) is 9.18 Å². The predicted octanol–water partition coefficient (Wildman–Crippen LogP) is 3.60. The number of carbonyl (C=O) groups excluding carboxylic acids is 1. The molecule has 0 bridgehead atoms. The Morgan fingerprint density at radius 2 is 1.83 bits per heavy atom. The normalized spacial score (nSPS) is 10.6. The van der Waals surface area contributed by atoms with Crippen molar-refractivity contribution in [3.8, 4) is 11.5 Å². The van der Waals surface area contributed by atoms with Crippen LogP contribution in [0.2, 0.25) is 0 Å². The van der Waals surface area contributed by atoms with Crippen molar-refractivity contribution >= 4 is 12.0 Å². The molecule has 0 saturated heterocycles. The summed E-state index contributed by atoms with van der Waals surface area (Å²) < 4.78 is 28.3. The first-order valence-corrected chi connectivity index (χ1v) is 6.93. The highest BCUT2D eigenvalue weighted by Crippen LogP contribution is 2.24. The summed E-state index contributed by atoms with van der Waals surface area (Å²) in [5, 5.41) is 0. The summed E-state index contributed by atoms with van der Waals surface area (Å²) in [4.78, 5) is 11.8. The first kappa shape index (κ1) is 16.5. The zero-order valence-electron chi connectivity index (χ0n) is 12.9. The van der Waals surface area contributed by atoms with Gasteiger partial charge in [-0.15, -0.1) is 0 Å². The molecule has 0 radical (unpaired) electrons. The summed E-state index contributed by atoms with van der Waals surface area (Å²) in [6, 6.07) is 11.1. The van der Waals surface area contributed by atoms with Crippen molar-refractivity contribution in [3.63, 3.8) is 0 Å². The average Bonchev–Trinajstić information content (AvgIpc) is 2.59. The fourth-order valence-corrected chi connectivity index (χ4v) is 1.93. The Labute approximate surface area is 134 Å². The van der Waals surface area contributed by atoms with Crippen molar-refractivity contribution in [1.29, 1.82) is 0 Å². The molecule has 0 amide bonds. The van der Waals surface area contributed by atoms with Crippen molar-refractivity contribution < 1.29 is 23.4 Å². The van der Waals surface area contributed by atoms with Gasteiger partial charge in [0.15, 0.2) is 0 Å². The molecule has 120 valence electrons. The fraction of sp³-hybridized carbons (Fsp3) is 0.167. The Hall–Kier alpha value is -2.82. The van der Waals surface area contributed by atoms with Crippen LogP contribution in [-0.2, 0) is 16.1 Å². The number of halogens is 1. The van der Waals surface area contributed by atoms with Gasteiger partial charge in [0.2, 0.25) is 0 Å². The first-order valence-electron chi connectivity index (χ1n) is 6.93. The molecule has 0 spiro atoms. The van der Waals surface area contributed by atoms with E-state index in [-0.39, 0.29) is 12.4 Å². The molecular formula is C18H17FO4. The first-order chi connectivity index (χ1) is 11.1. The van der Waals surface area contributed by atoms with Gasteiger partial charge < -0.3 is 14.2 Å². The molecular weight excluding hydrogens is 299 g/mol. The van der Waals surface area contributed by atoms with Crippen LogP contribution >= 0.6 is 0 Å². The molecule has 0 aromatic heterocycles. The lowest BCUT2D eigenvalue weighted by Gasteiger charge is -2.10. The standard InChI is InChI=1S/C18H17FO4/c1-21-16-8-9-17(22-2)14(11-16)12-23-18(20)10-5-13-3-6-15(19)7-4-13/h3-11H,12H2,1-2H3/b10-5+. The molecule has 0 fully saturated rings. The maximum Gasteiger partial charge on any atom is 0.331 e. The zero-order chi connectivity index (χ0) is 16.7. The van der Waals surface area contributed by atoms with E-state index in [0.717, 1.165) is 0 Å². The molecule has 2 rings (SSSR count). The SMILES string of the molecule is COc1ccc(OC)c(COC(=O)/C=C/c2ccc(F)cc2)c1. The quantitative estimate of drug-likeness (QED) is 0.603. The van der Waals surface area contributed by atoms with Crippen molar-refractivity contribution in [2.75, 3.05) is 14.2 Å². The minimum absolute atomic E-state index is 0.0625.